The van der Waals surface area contributed by atoms with Gasteiger partial charge in [-0.05, 0) is 25.0 Å². The maximum atomic E-state index is 8.74. The third-order valence-electron chi connectivity index (χ3n) is 2.72. The lowest BCUT2D eigenvalue weighted by atomic mass is 10.1. The van der Waals surface area contributed by atoms with E-state index in [0.29, 0.717) is 11.6 Å². The maximum Gasteiger partial charge on any atom is 0.183 e. The lowest BCUT2D eigenvalue weighted by Gasteiger charge is -1.98. The standard InChI is InChI=1S/C13H11N3S/c14-7-9-1-3-10(4-2-9)12-8-17-13(16-12)15-11-5-6-11/h1-4,8,11H,5-6H2,(H,15,16). The Hall–Kier alpha value is -1.86. The van der Waals surface area contributed by atoms with E-state index in [4.69, 9.17) is 5.26 Å². The number of nitrogens with one attached hydrogen (secondary N) is 1. The zero-order valence-electron chi connectivity index (χ0n) is 9.18. The second-order valence-electron chi connectivity index (χ2n) is 4.15. The van der Waals surface area contributed by atoms with Crippen LogP contribution in [0.3, 0.4) is 0 Å². The van der Waals surface area contributed by atoms with Crippen molar-refractivity contribution >= 4 is 16.5 Å². The largest absolute Gasteiger partial charge is 0.359 e. The van der Waals surface area contributed by atoms with Gasteiger partial charge in [0.15, 0.2) is 5.13 Å². The SMILES string of the molecule is N#Cc1ccc(-c2csc(NC3CC3)n2)cc1. The third kappa shape index (κ3) is 2.29. The topological polar surface area (TPSA) is 48.7 Å². The second-order valence-corrected chi connectivity index (χ2v) is 5.00. The minimum absolute atomic E-state index is 0.634. The number of nitrogens with zero attached hydrogens (tertiary/aromatic N) is 2. The summed E-state index contributed by atoms with van der Waals surface area (Å²) in [5, 5.41) is 15.2. The quantitative estimate of drug-likeness (QED) is 0.897. The molecule has 0 saturated heterocycles. The van der Waals surface area contributed by atoms with Crippen molar-refractivity contribution in [3.63, 3.8) is 0 Å². The molecule has 1 aliphatic rings. The molecule has 17 heavy (non-hydrogen) atoms. The lowest BCUT2D eigenvalue weighted by Crippen LogP contribution is -1.99. The first kappa shape index (κ1) is 10.3. The van der Waals surface area contributed by atoms with Gasteiger partial charge in [0.25, 0.3) is 0 Å². The van der Waals surface area contributed by atoms with Crippen molar-refractivity contribution in [1.82, 2.24) is 4.98 Å². The number of aromatic nitrogens is 1. The van der Waals surface area contributed by atoms with Gasteiger partial charge in [-0.2, -0.15) is 5.26 Å². The molecule has 1 heterocycles. The van der Waals surface area contributed by atoms with Crippen LogP contribution in [-0.4, -0.2) is 11.0 Å². The number of benzene rings is 1. The van der Waals surface area contributed by atoms with Crippen molar-refractivity contribution < 1.29 is 0 Å². The van der Waals surface area contributed by atoms with E-state index >= 15 is 0 Å². The molecule has 1 aliphatic carbocycles. The van der Waals surface area contributed by atoms with E-state index in [1.54, 1.807) is 11.3 Å². The van der Waals surface area contributed by atoms with Crippen LogP contribution in [-0.2, 0) is 0 Å². The molecule has 1 fully saturated rings. The molecule has 4 heteroatoms. The minimum Gasteiger partial charge on any atom is -0.359 e. The molecule has 1 aromatic carbocycles. The Kier molecular flexibility index (Phi) is 2.54. The van der Waals surface area contributed by atoms with Crippen molar-refractivity contribution in [3.05, 3.63) is 35.2 Å². The van der Waals surface area contributed by atoms with Gasteiger partial charge in [-0.25, -0.2) is 4.98 Å². The summed E-state index contributed by atoms with van der Waals surface area (Å²) < 4.78 is 0. The van der Waals surface area contributed by atoms with Crippen LogP contribution in [0.2, 0.25) is 0 Å². The Morgan fingerprint density at radius 1 is 1.29 bits per heavy atom. The molecule has 84 valence electrons. The Labute approximate surface area is 104 Å². The predicted octanol–water partition coefficient (Wildman–Crippen LogP) is 3.26. The highest BCUT2D eigenvalue weighted by atomic mass is 32.1. The summed E-state index contributed by atoms with van der Waals surface area (Å²) in [6.45, 7) is 0. The van der Waals surface area contributed by atoms with Crippen LogP contribution in [0.5, 0.6) is 0 Å². The number of anilines is 1. The zero-order valence-corrected chi connectivity index (χ0v) is 10.00. The van der Waals surface area contributed by atoms with Crippen LogP contribution in [0.15, 0.2) is 29.6 Å². The van der Waals surface area contributed by atoms with E-state index < -0.39 is 0 Å². The highest BCUT2D eigenvalue weighted by Crippen LogP contribution is 2.29. The van der Waals surface area contributed by atoms with Crippen LogP contribution in [0.4, 0.5) is 5.13 Å². The van der Waals surface area contributed by atoms with Crippen LogP contribution < -0.4 is 5.32 Å². The normalized spacial score (nSPS) is 14.3. The van der Waals surface area contributed by atoms with Gasteiger partial charge in [0.05, 0.1) is 17.3 Å². The molecule has 0 bridgehead atoms. The van der Waals surface area contributed by atoms with Crippen LogP contribution in [0, 0.1) is 11.3 Å². The first-order chi connectivity index (χ1) is 8.35. The molecule has 1 saturated carbocycles. The Balaban J connectivity index is 1.82. The summed E-state index contributed by atoms with van der Waals surface area (Å²) in [4.78, 5) is 4.54. The van der Waals surface area contributed by atoms with Gasteiger partial charge in [0, 0.05) is 17.0 Å². The number of rotatable bonds is 3. The molecule has 0 amide bonds. The van der Waals surface area contributed by atoms with E-state index in [0.717, 1.165) is 16.4 Å². The molecule has 0 aliphatic heterocycles. The van der Waals surface area contributed by atoms with Gasteiger partial charge in [0.2, 0.25) is 0 Å². The third-order valence-corrected chi connectivity index (χ3v) is 3.49. The molecular weight excluding hydrogens is 230 g/mol. The summed E-state index contributed by atoms with van der Waals surface area (Å²) in [5.74, 6) is 0. The molecule has 3 nitrogen and oxygen atoms in total. The summed E-state index contributed by atoms with van der Waals surface area (Å²) in [6.07, 6.45) is 2.51. The van der Waals surface area contributed by atoms with Crippen molar-refractivity contribution in [1.29, 1.82) is 5.26 Å². The monoisotopic (exact) mass is 241 g/mol. The van der Waals surface area contributed by atoms with Crippen molar-refractivity contribution in [2.75, 3.05) is 5.32 Å². The fraction of sp³-hybridized carbons (Fsp3) is 0.231. The number of thiazole rings is 1. The Morgan fingerprint density at radius 2 is 2.06 bits per heavy atom. The van der Waals surface area contributed by atoms with Crippen molar-refractivity contribution in [2.24, 2.45) is 0 Å². The summed E-state index contributed by atoms with van der Waals surface area (Å²) in [7, 11) is 0. The van der Waals surface area contributed by atoms with Crippen LogP contribution >= 0.6 is 11.3 Å². The lowest BCUT2D eigenvalue weighted by molar-refractivity contribution is 1.14. The average molecular weight is 241 g/mol. The van der Waals surface area contributed by atoms with Crippen molar-refractivity contribution in [2.45, 2.75) is 18.9 Å². The van der Waals surface area contributed by atoms with Crippen LogP contribution in [0.1, 0.15) is 18.4 Å². The van der Waals surface area contributed by atoms with E-state index in [1.807, 2.05) is 29.6 Å². The molecule has 0 atom stereocenters. The fourth-order valence-corrected chi connectivity index (χ4v) is 2.39. The predicted molar refractivity (Wildman–Crippen MR) is 68.9 cm³/mol. The second kappa shape index (κ2) is 4.19. The molecule has 1 N–H and O–H groups in total. The minimum atomic E-state index is 0.634. The van der Waals surface area contributed by atoms with E-state index in [9.17, 15) is 0 Å². The number of hydrogen-bond donors (Lipinski definition) is 1. The smallest absolute Gasteiger partial charge is 0.183 e. The zero-order chi connectivity index (χ0) is 11.7. The molecule has 0 radical (unpaired) electrons. The van der Waals surface area contributed by atoms with Gasteiger partial charge in [-0.15, -0.1) is 11.3 Å². The van der Waals surface area contributed by atoms with Crippen molar-refractivity contribution in [3.8, 4) is 17.3 Å². The molecule has 3 rings (SSSR count). The van der Waals surface area contributed by atoms with E-state index in [-0.39, 0.29) is 0 Å². The molecule has 1 aromatic heterocycles. The fourth-order valence-electron chi connectivity index (χ4n) is 1.59. The molecule has 2 aromatic rings. The van der Waals surface area contributed by atoms with Gasteiger partial charge in [-0.3, -0.25) is 0 Å². The highest BCUT2D eigenvalue weighted by molar-refractivity contribution is 7.14. The highest BCUT2D eigenvalue weighted by Gasteiger charge is 2.21. The first-order valence-corrected chi connectivity index (χ1v) is 6.46. The Morgan fingerprint density at radius 3 is 2.71 bits per heavy atom. The van der Waals surface area contributed by atoms with E-state index in [2.05, 4.69) is 16.4 Å². The summed E-state index contributed by atoms with van der Waals surface area (Å²) in [5.41, 5.74) is 2.71. The summed E-state index contributed by atoms with van der Waals surface area (Å²) >= 11 is 1.64. The first-order valence-electron chi connectivity index (χ1n) is 5.58. The Bertz CT molecular complexity index is 561. The summed E-state index contributed by atoms with van der Waals surface area (Å²) in [6, 6.07) is 10.3. The van der Waals surface area contributed by atoms with Gasteiger partial charge >= 0.3 is 0 Å². The molecular formula is C13H11N3S. The molecule has 0 unspecified atom stereocenters. The van der Waals surface area contributed by atoms with Gasteiger partial charge < -0.3 is 5.32 Å². The van der Waals surface area contributed by atoms with Gasteiger partial charge in [-0.1, -0.05) is 12.1 Å². The molecule has 0 spiro atoms. The number of nitriles is 1. The van der Waals surface area contributed by atoms with Gasteiger partial charge in [0.1, 0.15) is 0 Å². The van der Waals surface area contributed by atoms with Crippen LogP contribution in [0.25, 0.3) is 11.3 Å². The maximum absolute atomic E-state index is 8.74. The van der Waals surface area contributed by atoms with E-state index in [1.165, 1.54) is 12.8 Å². The average Bonchev–Trinajstić information content (AvgIpc) is 3.06. The number of hydrogen-bond acceptors (Lipinski definition) is 4.